The molecule has 0 aliphatic heterocycles. The Hall–Kier alpha value is -0.180. The zero-order valence-electron chi connectivity index (χ0n) is 7.65. The van der Waals surface area contributed by atoms with Gasteiger partial charge in [-0.1, -0.05) is 19.8 Å². The summed E-state index contributed by atoms with van der Waals surface area (Å²) in [5.74, 6) is 0.0487. The summed E-state index contributed by atoms with van der Waals surface area (Å²) in [6.45, 7) is 2.11. The molecule has 0 spiro atoms. The molecule has 1 rings (SSSR count). The molecular formula is C9H18F2O. The topological polar surface area (TPSA) is 9.23 Å². The van der Waals surface area contributed by atoms with Crippen LogP contribution in [0.2, 0.25) is 0 Å². The first-order chi connectivity index (χ1) is 5.56. The van der Waals surface area contributed by atoms with Crippen LogP contribution in [-0.2, 0) is 4.74 Å². The lowest BCUT2D eigenvalue weighted by atomic mass is 9.82. The maximum absolute atomic E-state index is 12.9. The Morgan fingerprint density at radius 1 is 1.25 bits per heavy atom. The van der Waals surface area contributed by atoms with E-state index < -0.39 is 12.0 Å². The maximum Gasteiger partial charge on any atom is 0.358 e. The van der Waals surface area contributed by atoms with E-state index in [-0.39, 0.29) is 1.43 Å². The predicted molar refractivity (Wildman–Crippen MR) is 45.2 cm³/mol. The highest BCUT2D eigenvalue weighted by Gasteiger charge is 2.40. The molecule has 0 aromatic carbocycles. The fourth-order valence-corrected chi connectivity index (χ4v) is 1.76. The zero-order chi connectivity index (χ0) is 9.19. The molecule has 0 atom stereocenters. The average molecular weight is 180 g/mol. The van der Waals surface area contributed by atoms with Crippen molar-refractivity contribution in [1.82, 2.24) is 0 Å². The van der Waals surface area contributed by atoms with Crippen molar-refractivity contribution in [2.75, 3.05) is 7.11 Å². The molecule has 74 valence electrons. The molecular weight excluding hydrogens is 162 g/mol. The molecule has 0 aromatic rings. The summed E-state index contributed by atoms with van der Waals surface area (Å²) in [5.41, 5.74) is 0. The van der Waals surface area contributed by atoms with Gasteiger partial charge >= 0.3 is 6.11 Å². The van der Waals surface area contributed by atoms with E-state index in [1.165, 1.54) is 0 Å². The second kappa shape index (κ2) is 3.69. The third-order valence-electron chi connectivity index (χ3n) is 2.76. The van der Waals surface area contributed by atoms with Crippen LogP contribution in [0.5, 0.6) is 0 Å². The molecule has 1 nitrogen and oxygen atoms in total. The number of methoxy groups -OCH3 is 1. The second-order valence-electron chi connectivity index (χ2n) is 3.72. The monoisotopic (exact) mass is 180 g/mol. The fourth-order valence-electron chi connectivity index (χ4n) is 1.76. The van der Waals surface area contributed by atoms with Crippen LogP contribution in [0.25, 0.3) is 0 Å². The summed E-state index contributed by atoms with van der Waals surface area (Å²) in [6, 6.07) is 0. The Balaban J connectivity index is 0.00000144. The van der Waals surface area contributed by atoms with Gasteiger partial charge in [0.15, 0.2) is 0 Å². The van der Waals surface area contributed by atoms with Crippen LogP contribution in [0.3, 0.4) is 0 Å². The standard InChI is InChI=1S/C9H16F2O.H2/c1-7-3-5-8(6-4-7)9(10,11)12-2;/h7-8H,3-6H2,1-2H3;1H. The van der Waals surface area contributed by atoms with Gasteiger partial charge in [-0.2, -0.15) is 8.78 Å². The minimum Gasteiger partial charge on any atom is -0.324 e. The first-order valence-electron chi connectivity index (χ1n) is 4.49. The minimum absolute atomic E-state index is 0. The van der Waals surface area contributed by atoms with Gasteiger partial charge in [-0.25, -0.2) is 0 Å². The number of hydrogen-bond acceptors (Lipinski definition) is 1. The first-order valence-corrected chi connectivity index (χ1v) is 4.49. The molecule has 1 aliphatic rings. The molecule has 12 heavy (non-hydrogen) atoms. The van der Waals surface area contributed by atoms with Crippen molar-refractivity contribution < 1.29 is 14.9 Å². The van der Waals surface area contributed by atoms with Crippen molar-refractivity contribution in [1.29, 1.82) is 0 Å². The molecule has 0 saturated heterocycles. The van der Waals surface area contributed by atoms with Crippen LogP contribution >= 0.6 is 0 Å². The number of rotatable bonds is 2. The quantitative estimate of drug-likeness (QED) is 0.633. The van der Waals surface area contributed by atoms with E-state index >= 15 is 0 Å². The maximum atomic E-state index is 12.9. The first kappa shape index (κ1) is 9.90. The van der Waals surface area contributed by atoms with E-state index in [0.717, 1.165) is 20.0 Å². The Kier molecular flexibility index (Phi) is 3.04. The van der Waals surface area contributed by atoms with Crippen LogP contribution in [0.15, 0.2) is 0 Å². The molecule has 3 heteroatoms. The molecule has 1 fully saturated rings. The fraction of sp³-hybridized carbons (Fsp3) is 1.00. The van der Waals surface area contributed by atoms with Crippen LogP contribution in [-0.4, -0.2) is 13.2 Å². The van der Waals surface area contributed by atoms with E-state index in [2.05, 4.69) is 11.7 Å². The highest BCUT2D eigenvalue weighted by molar-refractivity contribution is 4.75. The third-order valence-corrected chi connectivity index (χ3v) is 2.76. The van der Waals surface area contributed by atoms with Crippen molar-refractivity contribution in [2.45, 2.75) is 38.7 Å². The Labute approximate surface area is 73.6 Å². The Morgan fingerprint density at radius 3 is 2.17 bits per heavy atom. The highest BCUT2D eigenvalue weighted by Crippen LogP contribution is 2.38. The summed E-state index contributed by atoms with van der Waals surface area (Å²) in [6.07, 6.45) is 0.109. The van der Waals surface area contributed by atoms with Crippen LogP contribution < -0.4 is 0 Å². The molecule has 0 bridgehead atoms. The number of halogens is 2. The van der Waals surface area contributed by atoms with Gasteiger partial charge in [-0.15, -0.1) is 0 Å². The SMILES string of the molecule is COC(F)(F)C1CCC(C)CC1.[HH]. The van der Waals surface area contributed by atoms with E-state index in [1.807, 2.05) is 0 Å². The van der Waals surface area contributed by atoms with Crippen LogP contribution in [0.1, 0.15) is 34.0 Å². The summed E-state index contributed by atoms with van der Waals surface area (Å²) >= 11 is 0. The van der Waals surface area contributed by atoms with Crippen molar-refractivity contribution in [3.05, 3.63) is 0 Å². The lowest BCUT2D eigenvalue weighted by molar-refractivity contribution is -0.262. The van der Waals surface area contributed by atoms with Crippen LogP contribution in [0.4, 0.5) is 8.78 Å². The van der Waals surface area contributed by atoms with Gasteiger partial charge in [-0.3, -0.25) is 0 Å². The van der Waals surface area contributed by atoms with E-state index in [9.17, 15) is 8.78 Å². The van der Waals surface area contributed by atoms with Crippen molar-refractivity contribution >= 4 is 0 Å². The van der Waals surface area contributed by atoms with E-state index in [4.69, 9.17) is 0 Å². The predicted octanol–water partition coefficient (Wildman–Crippen LogP) is 3.30. The highest BCUT2D eigenvalue weighted by atomic mass is 19.3. The van der Waals surface area contributed by atoms with Gasteiger partial charge in [0.05, 0.1) is 5.92 Å². The smallest absolute Gasteiger partial charge is 0.324 e. The molecule has 0 heterocycles. The largest absolute Gasteiger partial charge is 0.358 e. The van der Waals surface area contributed by atoms with Crippen molar-refractivity contribution in [3.8, 4) is 0 Å². The molecule has 0 aromatic heterocycles. The van der Waals surface area contributed by atoms with E-state index in [1.54, 1.807) is 0 Å². The van der Waals surface area contributed by atoms with E-state index in [0.29, 0.717) is 18.8 Å². The van der Waals surface area contributed by atoms with Crippen molar-refractivity contribution in [2.24, 2.45) is 11.8 Å². The van der Waals surface area contributed by atoms with Gasteiger partial charge in [-0.05, 0) is 18.8 Å². The lowest BCUT2D eigenvalue weighted by Gasteiger charge is -2.30. The normalized spacial score (nSPS) is 32.0. The molecule has 0 radical (unpaired) electrons. The number of hydrogen-bond donors (Lipinski definition) is 0. The third kappa shape index (κ3) is 2.16. The lowest BCUT2D eigenvalue weighted by Crippen LogP contribution is -2.33. The van der Waals surface area contributed by atoms with Gasteiger partial charge in [0.25, 0.3) is 0 Å². The Morgan fingerprint density at radius 2 is 1.75 bits per heavy atom. The average Bonchev–Trinajstić information content (AvgIpc) is 2.05. The Bertz CT molecular complexity index is 145. The summed E-state index contributed by atoms with van der Waals surface area (Å²) in [5, 5.41) is 0. The van der Waals surface area contributed by atoms with Crippen molar-refractivity contribution in [3.63, 3.8) is 0 Å². The second-order valence-corrected chi connectivity index (χ2v) is 3.72. The van der Waals surface area contributed by atoms with Gasteiger partial charge in [0.1, 0.15) is 0 Å². The van der Waals surface area contributed by atoms with Gasteiger partial charge in [0.2, 0.25) is 0 Å². The molecule has 1 saturated carbocycles. The van der Waals surface area contributed by atoms with Gasteiger partial charge in [0, 0.05) is 8.54 Å². The summed E-state index contributed by atoms with van der Waals surface area (Å²) in [4.78, 5) is 0. The van der Waals surface area contributed by atoms with Crippen LogP contribution in [0, 0.1) is 11.8 Å². The molecule has 0 unspecified atom stereocenters. The molecule has 0 N–H and O–H groups in total. The number of ether oxygens (including phenoxy) is 1. The van der Waals surface area contributed by atoms with Gasteiger partial charge < -0.3 is 4.74 Å². The molecule has 0 amide bonds. The minimum atomic E-state index is -2.90. The molecule has 1 aliphatic carbocycles. The number of alkyl halides is 2. The zero-order valence-corrected chi connectivity index (χ0v) is 7.65. The summed E-state index contributed by atoms with van der Waals surface area (Å²) in [7, 11) is 1.08. The summed E-state index contributed by atoms with van der Waals surface area (Å²) < 4.78 is 30.1.